The first-order chi connectivity index (χ1) is 37.3. The Morgan fingerprint density at radius 2 is 0.632 bits per heavy atom. The Labute approximate surface area is 466 Å². The van der Waals surface area contributed by atoms with Gasteiger partial charge in [-0.15, -0.1) is 45.3 Å². The first kappa shape index (κ1) is 54.2. The van der Waals surface area contributed by atoms with Crippen molar-refractivity contribution in [2.45, 2.75) is 167 Å². The Bertz CT molecular complexity index is 2920. The van der Waals surface area contributed by atoms with Gasteiger partial charge in [-0.05, 0) is 119 Å². The van der Waals surface area contributed by atoms with E-state index in [2.05, 4.69) is 125 Å². The average molecular weight is 1090 g/mol. The molecule has 0 spiro atoms. The van der Waals surface area contributed by atoms with Gasteiger partial charge >= 0.3 is 0 Å². The monoisotopic (exact) mass is 1090 g/mol. The maximum absolute atomic E-state index is 18.9. The zero-order valence-corrected chi connectivity index (χ0v) is 48.2. The summed E-state index contributed by atoms with van der Waals surface area (Å²) < 4.78 is 37.8. The Kier molecular flexibility index (Phi) is 17.3. The molecule has 0 fully saturated rings. The second-order valence-corrected chi connectivity index (χ2v) is 25.7. The SMILES string of the molecule is CCCCCCc1ccc(C2(c3ccc(CCCCCC)cc3)c3cc(C=O)sc3-c3sc(-c4sc5c(c4F)C(c4ccc(CCCCCC)cc4)(c4ccc(CCCCCC)cc4)c4cc(C=O)sc4-5)c(F)c32)cc1. The van der Waals surface area contributed by atoms with E-state index in [0.29, 0.717) is 20.9 Å². The molecule has 4 aromatic heterocycles. The third-order valence-electron chi connectivity index (χ3n) is 16.4. The largest absolute Gasteiger partial charge is 0.297 e. The van der Waals surface area contributed by atoms with Crippen molar-refractivity contribution in [3.8, 4) is 29.3 Å². The van der Waals surface area contributed by atoms with Crippen LogP contribution in [0.2, 0.25) is 0 Å². The van der Waals surface area contributed by atoms with Gasteiger partial charge in [0, 0.05) is 11.1 Å². The lowest BCUT2D eigenvalue weighted by atomic mass is 9.67. The summed E-state index contributed by atoms with van der Waals surface area (Å²) in [6, 6.07) is 38.9. The maximum Gasteiger partial charge on any atom is 0.160 e. The third kappa shape index (κ3) is 9.92. The predicted octanol–water partition coefficient (Wildman–Crippen LogP) is 20.7. The highest BCUT2D eigenvalue weighted by Crippen LogP contribution is 2.67. The van der Waals surface area contributed by atoms with Crippen LogP contribution in [0.15, 0.2) is 109 Å². The van der Waals surface area contributed by atoms with Crippen LogP contribution in [-0.2, 0) is 36.5 Å². The van der Waals surface area contributed by atoms with Crippen LogP contribution in [0.4, 0.5) is 8.78 Å². The van der Waals surface area contributed by atoms with Gasteiger partial charge in [0.05, 0.1) is 49.8 Å². The van der Waals surface area contributed by atoms with Gasteiger partial charge in [-0.3, -0.25) is 9.59 Å². The number of benzene rings is 4. The highest BCUT2D eigenvalue weighted by molar-refractivity contribution is 7.29. The highest BCUT2D eigenvalue weighted by Gasteiger charge is 2.54. The van der Waals surface area contributed by atoms with Crippen molar-refractivity contribution in [3.63, 3.8) is 0 Å². The van der Waals surface area contributed by atoms with Crippen molar-refractivity contribution in [1.29, 1.82) is 0 Å². The number of thiophene rings is 4. The van der Waals surface area contributed by atoms with Gasteiger partial charge in [0.2, 0.25) is 0 Å². The van der Waals surface area contributed by atoms with Gasteiger partial charge in [-0.1, -0.05) is 202 Å². The second-order valence-electron chi connectivity index (χ2n) is 21.4. The molecule has 0 radical (unpaired) electrons. The van der Waals surface area contributed by atoms with E-state index in [1.165, 1.54) is 145 Å². The molecule has 394 valence electrons. The van der Waals surface area contributed by atoms with Crippen LogP contribution < -0.4 is 0 Å². The van der Waals surface area contributed by atoms with E-state index in [4.69, 9.17) is 0 Å². The van der Waals surface area contributed by atoms with E-state index in [-0.39, 0.29) is 9.75 Å². The topological polar surface area (TPSA) is 34.1 Å². The number of hydrogen-bond acceptors (Lipinski definition) is 6. The quantitative estimate of drug-likeness (QED) is 0.0380. The molecule has 2 aliphatic carbocycles. The summed E-state index contributed by atoms with van der Waals surface area (Å²) in [5, 5.41) is 0. The number of carbonyl (C=O) groups excluding carboxylic acids is 2. The van der Waals surface area contributed by atoms with Crippen molar-refractivity contribution in [2.75, 3.05) is 0 Å². The standard InChI is InChI=1S/C68H72F2O2S4/c1-5-9-13-17-21-45-25-33-49(34-26-45)67(50-35-27-46(28-36-50)22-18-14-10-6-2)55-41-53(43-71)73-61(55)63-57(67)59(69)65(75-63)66-60(70)58-64(76-66)62-56(42-54(44-72)74-62)68(58,51-37-29-47(30-38-51)23-19-15-11-7-3)52-39-31-48(32-40-52)24-20-16-12-8-4/h25-44H,5-24H2,1-4H3. The lowest BCUT2D eigenvalue weighted by Crippen LogP contribution is -2.29. The summed E-state index contributed by atoms with van der Waals surface area (Å²) in [6.45, 7) is 8.92. The van der Waals surface area contributed by atoms with E-state index in [1.807, 2.05) is 12.1 Å². The van der Waals surface area contributed by atoms with Crippen LogP contribution >= 0.6 is 45.3 Å². The molecule has 4 heterocycles. The van der Waals surface area contributed by atoms with Gasteiger partial charge in [-0.2, -0.15) is 0 Å². The number of halogens is 2. The third-order valence-corrected chi connectivity index (χ3v) is 21.4. The van der Waals surface area contributed by atoms with E-state index < -0.39 is 22.5 Å². The van der Waals surface area contributed by atoms with Gasteiger partial charge in [0.25, 0.3) is 0 Å². The molecule has 0 saturated heterocycles. The molecule has 0 saturated carbocycles. The number of unbranched alkanes of at least 4 members (excludes halogenated alkanes) is 12. The molecule has 2 aliphatic rings. The molecule has 8 aromatic rings. The lowest BCUT2D eigenvalue weighted by Gasteiger charge is -2.33. The number of aldehydes is 2. The van der Waals surface area contributed by atoms with Crippen molar-refractivity contribution >= 4 is 57.9 Å². The summed E-state index contributed by atoms with van der Waals surface area (Å²) in [6.07, 6.45) is 24.4. The van der Waals surface area contributed by atoms with Crippen molar-refractivity contribution in [3.05, 3.63) is 197 Å². The molecule has 10 rings (SSSR count). The first-order valence-electron chi connectivity index (χ1n) is 28.5. The van der Waals surface area contributed by atoms with Crippen LogP contribution in [0.3, 0.4) is 0 Å². The van der Waals surface area contributed by atoms with Crippen LogP contribution in [0.1, 0.15) is 217 Å². The summed E-state index contributed by atoms with van der Waals surface area (Å²) in [5.74, 6) is -0.847. The molecule has 0 bridgehead atoms. The van der Waals surface area contributed by atoms with Gasteiger partial charge < -0.3 is 0 Å². The fourth-order valence-corrected chi connectivity index (χ4v) is 17.4. The molecule has 0 N–H and O–H groups in total. The maximum atomic E-state index is 18.9. The lowest BCUT2D eigenvalue weighted by molar-refractivity contribution is 0.111. The van der Waals surface area contributed by atoms with Crippen molar-refractivity contribution in [2.24, 2.45) is 0 Å². The van der Waals surface area contributed by atoms with E-state index in [0.717, 1.165) is 117 Å². The molecule has 4 aromatic carbocycles. The zero-order chi connectivity index (χ0) is 52.8. The van der Waals surface area contributed by atoms with Gasteiger partial charge in [-0.25, -0.2) is 8.78 Å². The minimum absolute atomic E-state index is 0.269. The number of fused-ring (bicyclic) bond motifs is 6. The Hall–Kier alpha value is -5.12. The smallest absolute Gasteiger partial charge is 0.160 e. The van der Waals surface area contributed by atoms with Gasteiger partial charge in [0.1, 0.15) is 11.6 Å². The normalized spacial score (nSPS) is 13.7. The number of carbonyl (C=O) groups is 2. The van der Waals surface area contributed by atoms with Crippen LogP contribution in [0, 0.1) is 11.6 Å². The fourth-order valence-electron chi connectivity index (χ4n) is 12.4. The number of hydrogen-bond donors (Lipinski definition) is 0. The van der Waals surface area contributed by atoms with Crippen molar-refractivity contribution < 1.29 is 18.4 Å². The van der Waals surface area contributed by atoms with Crippen molar-refractivity contribution in [1.82, 2.24) is 0 Å². The van der Waals surface area contributed by atoms with E-state index in [9.17, 15) is 9.59 Å². The average Bonchev–Trinajstić information content (AvgIpc) is 4.49. The van der Waals surface area contributed by atoms with E-state index in [1.54, 1.807) is 0 Å². The first-order valence-corrected chi connectivity index (χ1v) is 31.8. The Morgan fingerprint density at radius 1 is 0.355 bits per heavy atom. The minimum Gasteiger partial charge on any atom is -0.297 e. The molecule has 2 nitrogen and oxygen atoms in total. The molecule has 0 atom stereocenters. The summed E-state index contributed by atoms with van der Waals surface area (Å²) in [4.78, 5) is 30.5. The fraction of sp³-hybridized carbons (Fsp3) is 0.382. The number of rotatable bonds is 27. The van der Waals surface area contributed by atoms with E-state index >= 15 is 8.78 Å². The van der Waals surface area contributed by atoms with Crippen LogP contribution in [0.5, 0.6) is 0 Å². The summed E-state index contributed by atoms with van der Waals surface area (Å²) in [5.41, 5.74) is 9.36. The molecule has 0 aliphatic heterocycles. The Balaban J connectivity index is 1.16. The molecule has 76 heavy (non-hydrogen) atoms. The second kappa shape index (κ2) is 24.3. The van der Waals surface area contributed by atoms with Crippen LogP contribution in [0.25, 0.3) is 29.3 Å². The predicted molar refractivity (Wildman–Crippen MR) is 320 cm³/mol. The molecule has 0 unspecified atom stereocenters. The summed E-state index contributed by atoms with van der Waals surface area (Å²) >= 11 is 5.43. The highest BCUT2D eigenvalue weighted by atomic mass is 32.1. The minimum atomic E-state index is -1.10. The summed E-state index contributed by atoms with van der Waals surface area (Å²) in [7, 11) is 0. The molecular formula is C68H72F2O2S4. The number of aryl methyl sites for hydroxylation is 4. The Morgan fingerprint density at radius 3 is 0.882 bits per heavy atom. The van der Waals surface area contributed by atoms with Crippen LogP contribution in [-0.4, -0.2) is 12.6 Å². The zero-order valence-electron chi connectivity index (χ0n) is 44.9. The molecule has 8 heteroatoms. The molecule has 0 amide bonds. The van der Waals surface area contributed by atoms with Gasteiger partial charge in [0.15, 0.2) is 12.6 Å². The molecular weight excluding hydrogens is 1020 g/mol.